The van der Waals surface area contributed by atoms with Crippen LogP contribution in [-0.4, -0.2) is 13.2 Å². The lowest BCUT2D eigenvalue weighted by molar-refractivity contribution is 0.122. The Bertz CT molecular complexity index is 512. The number of nitrogens with one attached hydrogen (secondary N) is 1. The van der Waals surface area contributed by atoms with Gasteiger partial charge >= 0.3 is 0 Å². The van der Waals surface area contributed by atoms with Crippen LogP contribution in [0, 0.1) is 6.92 Å². The van der Waals surface area contributed by atoms with Gasteiger partial charge in [0.2, 0.25) is 0 Å². The van der Waals surface area contributed by atoms with Gasteiger partial charge in [0.15, 0.2) is 0 Å². The van der Waals surface area contributed by atoms with Crippen molar-refractivity contribution < 1.29 is 4.74 Å². The molecule has 4 heteroatoms. The van der Waals surface area contributed by atoms with Gasteiger partial charge in [0, 0.05) is 23.0 Å². The van der Waals surface area contributed by atoms with Crippen LogP contribution in [0.1, 0.15) is 16.0 Å². The second kappa shape index (κ2) is 7.65. The van der Waals surface area contributed by atoms with Crippen molar-refractivity contribution in [3.8, 4) is 0 Å². The largest absolute Gasteiger partial charge is 0.375 e. The van der Waals surface area contributed by atoms with Gasteiger partial charge in [-0.1, -0.05) is 29.8 Å². The molecule has 0 aliphatic carbocycles. The van der Waals surface area contributed by atoms with Crippen LogP contribution in [0.2, 0.25) is 5.02 Å². The molecule has 2 aromatic rings. The summed E-state index contributed by atoms with van der Waals surface area (Å²) in [6.45, 7) is 5.16. The molecule has 0 aliphatic rings. The van der Waals surface area contributed by atoms with E-state index in [2.05, 4.69) is 23.7 Å². The molecule has 0 bridgehead atoms. The number of thiophene rings is 1. The summed E-state index contributed by atoms with van der Waals surface area (Å²) >= 11 is 7.85. The molecule has 0 unspecified atom stereocenters. The zero-order valence-corrected chi connectivity index (χ0v) is 12.6. The minimum absolute atomic E-state index is 0.569. The molecule has 0 saturated heterocycles. The average Bonchev–Trinajstić information content (AvgIpc) is 2.81. The normalized spacial score (nSPS) is 10.8. The van der Waals surface area contributed by atoms with Gasteiger partial charge in [-0.05, 0) is 35.6 Å². The van der Waals surface area contributed by atoms with E-state index in [9.17, 15) is 0 Å². The van der Waals surface area contributed by atoms with Crippen LogP contribution >= 0.6 is 22.9 Å². The Morgan fingerprint density at radius 1 is 1.26 bits per heavy atom. The lowest BCUT2D eigenvalue weighted by Gasteiger charge is -2.07. The van der Waals surface area contributed by atoms with Crippen LogP contribution in [0.4, 0.5) is 0 Å². The molecular weight excluding hydrogens is 278 g/mol. The number of rotatable bonds is 7. The predicted molar refractivity (Wildman–Crippen MR) is 81.9 cm³/mol. The van der Waals surface area contributed by atoms with E-state index in [0.717, 1.165) is 23.7 Å². The van der Waals surface area contributed by atoms with Crippen molar-refractivity contribution in [2.45, 2.75) is 20.1 Å². The van der Waals surface area contributed by atoms with Crippen LogP contribution in [0.25, 0.3) is 0 Å². The summed E-state index contributed by atoms with van der Waals surface area (Å²) in [6, 6.07) is 9.93. The van der Waals surface area contributed by atoms with Gasteiger partial charge in [0.25, 0.3) is 0 Å². The van der Waals surface area contributed by atoms with Gasteiger partial charge in [-0.15, -0.1) is 11.3 Å². The standard InChI is InChI=1S/C15H18ClNOS/c1-12-6-9-19-15(12)10-17-7-8-18-11-13-4-2-3-5-14(13)16/h2-6,9,17H,7-8,10-11H2,1H3. The van der Waals surface area contributed by atoms with Crippen molar-refractivity contribution in [1.82, 2.24) is 5.32 Å². The summed E-state index contributed by atoms with van der Waals surface area (Å²) in [6.07, 6.45) is 0. The monoisotopic (exact) mass is 295 g/mol. The lowest BCUT2D eigenvalue weighted by Crippen LogP contribution is -2.19. The molecular formula is C15H18ClNOS. The Labute approximate surface area is 123 Å². The second-order valence-electron chi connectivity index (χ2n) is 4.35. The summed E-state index contributed by atoms with van der Waals surface area (Å²) in [5.41, 5.74) is 2.40. The second-order valence-corrected chi connectivity index (χ2v) is 5.76. The molecule has 19 heavy (non-hydrogen) atoms. The summed E-state index contributed by atoms with van der Waals surface area (Å²) in [7, 11) is 0. The van der Waals surface area contributed by atoms with E-state index >= 15 is 0 Å². The molecule has 0 saturated carbocycles. The maximum Gasteiger partial charge on any atom is 0.0731 e. The first-order valence-corrected chi connectivity index (χ1v) is 7.58. The third-order valence-electron chi connectivity index (χ3n) is 2.89. The first-order valence-electron chi connectivity index (χ1n) is 6.32. The lowest BCUT2D eigenvalue weighted by atomic mass is 10.2. The van der Waals surface area contributed by atoms with E-state index in [0.29, 0.717) is 13.2 Å². The van der Waals surface area contributed by atoms with E-state index < -0.39 is 0 Å². The molecule has 1 aromatic heterocycles. The molecule has 1 N–H and O–H groups in total. The van der Waals surface area contributed by atoms with Crippen LogP contribution in [0.15, 0.2) is 35.7 Å². The molecule has 0 radical (unpaired) electrons. The van der Waals surface area contributed by atoms with Crippen LogP contribution < -0.4 is 5.32 Å². The fourth-order valence-corrected chi connectivity index (χ4v) is 2.80. The fraction of sp³-hybridized carbons (Fsp3) is 0.333. The number of hydrogen-bond acceptors (Lipinski definition) is 3. The third kappa shape index (κ3) is 4.62. The SMILES string of the molecule is Cc1ccsc1CNCCOCc1ccccc1Cl. The molecule has 0 spiro atoms. The Kier molecular flexibility index (Phi) is 5.86. The van der Waals surface area contributed by atoms with Gasteiger partial charge < -0.3 is 10.1 Å². The Hall–Kier alpha value is -0.870. The molecule has 0 atom stereocenters. The Balaban J connectivity index is 1.60. The van der Waals surface area contributed by atoms with Gasteiger partial charge in [-0.25, -0.2) is 0 Å². The molecule has 0 fully saturated rings. The highest BCUT2D eigenvalue weighted by Gasteiger charge is 2.00. The summed E-state index contributed by atoms with van der Waals surface area (Å²) in [4.78, 5) is 1.39. The third-order valence-corrected chi connectivity index (χ3v) is 4.28. The first-order chi connectivity index (χ1) is 9.27. The van der Waals surface area contributed by atoms with Crippen LogP contribution in [0.3, 0.4) is 0 Å². The predicted octanol–water partition coefficient (Wildman–Crippen LogP) is 4.02. The molecule has 0 amide bonds. The molecule has 2 rings (SSSR count). The zero-order chi connectivity index (χ0) is 13.5. The van der Waals surface area contributed by atoms with Crippen LogP contribution in [0.5, 0.6) is 0 Å². The van der Waals surface area contributed by atoms with Crippen molar-refractivity contribution in [3.63, 3.8) is 0 Å². The Morgan fingerprint density at radius 2 is 2.11 bits per heavy atom. The van der Waals surface area contributed by atoms with Crippen LogP contribution in [-0.2, 0) is 17.9 Å². The molecule has 1 aromatic carbocycles. The highest BCUT2D eigenvalue weighted by Crippen LogP contribution is 2.16. The van der Waals surface area contributed by atoms with Crippen molar-refractivity contribution in [2.24, 2.45) is 0 Å². The van der Waals surface area contributed by atoms with E-state index in [1.807, 2.05) is 24.3 Å². The Morgan fingerprint density at radius 3 is 2.84 bits per heavy atom. The topological polar surface area (TPSA) is 21.3 Å². The quantitative estimate of drug-likeness (QED) is 0.779. The zero-order valence-electron chi connectivity index (χ0n) is 11.0. The van der Waals surface area contributed by atoms with Gasteiger partial charge in [-0.3, -0.25) is 0 Å². The van der Waals surface area contributed by atoms with Crippen molar-refractivity contribution in [1.29, 1.82) is 0 Å². The molecule has 1 heterocycles. The van der Waals surface area contributed by atoms with E-state index in [1.165, 1.54) is 10.4 Å². The summed E-state index contributed by atoms with van der Waals surface area (Å²) in [5.74, 6) is 0. The summed E-state index contributed by atoms with van der Waals surface area (Å²) < 4.78 is 5.61. The van der Waals surface area contributed by atoms with Gasteiger partial charge in [-0.2, -0.15) is 0 Å². The van der Waals surface area contributed by atoms with Crippen molar-refractivity contribution in [3.05, 3.63) is 56.7 Å². The fourth-order valence-electron chi connectivity index (χ4n) is 1.73. The highest BCUT2D eigenvalue weighted by molar-refractivity contribution is 7.10. The number of halogens is 1. The maximum atomic E-state index is 6.06. The van der Waals surface area contributed by atoms with Crippen molar-refractivity contribution >= 4 is 22.9 Å². The number of hydrogen-bond donors (Lipinski definition) is 1. The van der Waals surface area contributed by atoms with Gasteiger partial charge in [0.1, 0.15) is 0 Å². The minimum Gasteiger partial charge on any atom is -0.375 e. The average molecular weight is 296 g/mol. The van der Waals surface area contributed by atoms with E-state index in [1.54, 1.807) is 11.3 Å². The number of ether oxygens (including phenoxy) is 1. The first kappa shape index (κ1) is 14.5. The molecule has 102 valence electrons. The highest BCUT2D eigenvalue weighted by atomic mass is 35.5. The van der Waals surface area contributed by atoms with E-state index in [4.69, 9.17) is 16.3 Å². The molecule has 0 aliphatic heterocycles. The minimum atomic E-state index is 0.569. The van der Waals surface area contributed by atoms with E-state index in [-0.39, 0.29) is 0 Å². The van der Waals surface area contributed by atoms with Gasteiger partial charge in [0.05, 0.1) is 13.2 Å². The smallest absolute Gasteiger partial charge is 0.0731 e. The number of benzene rings is 1. The maximum absolute atomic E-state index is 6.06. The number of aryl methyl sites for hydroxylation is 1. The van der Waals surface area contributed by atoms with Crippen molar-refractivity contribution in [2.75, 3.05) is 13.2 Å². The summed E-state index contributed by atoms with van der Waals surface area (Å²) in [5, 5.41) is 6.28. The molecule has 2 nitrogen and oxygen atoms in total.